The van der Waals surface area contributed by atoms with Crippen LogP contribution in [0.15, 0.2) is 60.7 Å². The normalized spacial score (nSPS) is 13.3. The summed E-state index contributed by atoms with van der Waals surface area (Å²) >= 11 is 0. The number of hydrogen-bond donors (Lipinski definition) is 2. The van der Waals surface area contributed by atoms with Crippen LogP contribution in [0.5, 0.6) is 51.7 Å². The van der Waals surface area contributed by atoms with Crippen LogP contribution in [0.3, 0.4) is 0 Å². The number of benzene rings is 4. The van der Waals surface area contributed by atoms with Gasteiger partial charge in [-0.3, -0.25) is 4.79 Å². The minimum absolute atomic E-state index is 0.172. The molecule has 1 aliphatic heterocycles. The van der Waals surface area contributed by atoms with Crippen molar-refractivity contribution < 1.29 is 47.4 Å². The number of anilines is 1. The zero-order valence-corrected chi connectivity index (χ0v) is 32.7. The summed E-state index contributed by atoms with van der Waals surface area (Å²) in [5.41, 5.74) is 3.85. The van der Waals surface area contributed by atoms with Gasteiger partial charge < -0.3 is 53.3 Å². The van der Waals surface area contributed by atoms with E-state index in [-0.39, 0.29) is 5.91 Å². The summed E-state index contributed by atoms with van der Waals surface area (Å²) in [5.74, 6) is 5.20. The molecule has 12 nitrogen and oxygen atoms in total. The van der Waals surface area contributed by atoms with E-state index in [1.54, 1.807) is 55.8 Å². The SMILES string of the molecule is COc1ccc2c(c1)C(=O)NC(c1ccc(OCCCCCCCCOc3c(OC)ccc(/C=C/c4cc(OC)c(OC)c(OC)c4)c3OC)c(OC)c1)N2. The van der Waals surface area contributed by atoms with Gasteiger partial charge in [-0.25, -0.2) is 0 Å². The predicted molar refractivity (Wildman–Crippen MR) is 213 cm³/mol. The number of carbonyl (C=O) groups is 1. The minimum Gasteiger partial charge on any atom is -0.497 e. The van der Waals surface area contributed by atoms with E-state index in [0.29, 0.717) is 70.5 Å². The molecule has 1 aliphatic rings. The Morgan fingerprint density at radius 1 is 0.527 bits per heavy atom. The Morgan fingerprint density at radius 2 is 1.16 bits per heavy atom. The van der Waals surface area contributed by atoms with Gasteiger partial charge in [0.2, 0.25) is 11.5 Å². The first kappa shape index (κ1) is 40.3. The van der Waals surface area contributed by atoms with Gasteiger partial charge in [0.05, 0.1) is 68.5 Å². The average molecular weight is 757 g/mol. The van der Waals surface area contributed by atoms with Crippen molar-refractivity contribution in [1.29, 1.82) is 0 Å². The first-order valence-corrected chi connectivity index (χ1v) is 18.3. The van der Waals surface area contributed by atoms with Gasteiger partial charge in [-0.2, -0.15) is 0 Å². The zero-order valence-electron chi connectivity index (χ0n) is 32.7. The van der Waals surface area contributed by atoms with Gasteiger partial charge in [0.15, 0.2) is 34.5 Å². The lowest BCUT2D eigenvalue weighted by Gasteiger charge is -2.28. The molecule has 0 saturated heterocycles. The van der Waals surface area contributed by atoms with Crippen molar-refractivity contribution in [1.82, 2.24) is 5.32 Å². The minimum atomic E-state index is -0.403. The molecule has 2 N–H and O–H groups in total. The zero-order chi connectivity index (χ0) is 39.2. The fourth-order valence-electron chi connectivity index (χ4n) is 6.36. The summed E-state index contributed by atoms with van der Waals surface area (Å²) in [5, 5.41) is 6.38. The van der Waals surface area contributed by atoms with Gasteiger partial charge in [-0.05, 0) is 78.6 Å². The van der Waals surface area contributed by atoms with E-state index in [9.17, 15) is 4.79 Å². The van der Waals surface area contributed by atoms with E-state index in [4.69, 9.17) is 42.6 Å². The first-order chi connectivity index (χ1) is 26.9. The fourth-order valence-corrected chi connectivity index (χ4v) is 6.36. The summed E-state index contributed by atoms with van der Waals surface area (Å²) in [4.78, 5) is 12.8. The lowest BCUT2D eigenvalue weighted by Crippen LogP contribution is -2.38. The van der Waals surface area contributed by atoms with Gasteiger partial charge >= 0.3 is 0 Å². The Hall–Kier alpha value is -5.91. The average Bonchev–Trinajstić information content (AvgIpc) is 3.22. The van der Waals surface area contributed by atoms with Gasteiger partial charge in [-0.15, -0.1) is 0 Å². The molecular weight excluding hydrogens is 704 g/mol. The molecule has 12 heteroatoms. The maximum atomic E-state index is 12.8. The summed E-state index contributed by atoms with van der Waals surface area (Å²) < 4.78 is 51.1. The third kappa shape index (κ3) is 10.00. The first-order valence-electron chi connectivity index (χ1n) is 18.3. The number of carbonyl (C=O) groups excluding carboxylic acids is 1. The lowest BCUT2D eigenvalue weighted by molar-refractivity contribution is 0.0935. The molecule has 4 aromatic carbocycles. The number of nitrogens with one attached hydrogen (secondary N) is 2. The van der Waals surface area contributed by atoms with Crippen molar-refractivity contribution in [3.8, 4) is 51.7 Å². The van der Waals surface area contributed by atoms with Crippen LogP contribution in [-0.4, -0.2) is 68.9 Å². The Labute approximate surface area is 323 Å². The monoisotopic (exact) mass is 756 g/mol. The van der Waals surface area contributed by atoms with E-state index < -0.39 is 6.17 Å². The maximum absolute atomic E-state index is 12.8. The maximum Gasteiger partial charge on any atom is 0.255 e. The summed E-state index contributed by atoms with van der Waals surface area (Å²) in [6.45, 7) is 1.11. The van der Waals surface area contributed by atoms with E-state index in [1.165, 1.54) is 0 Å². The van der Waals surface area contributed by atoms with Gasteiger partial charge in [0, 0.05) is 11.3 Å². The van der Waals surface area contributed by atoms with E-state index in [1.807, 2.05) is 66.7 Å². The van der Waals surface area contributed by atoms with Crippen LogP contribution in [0.2, 0.25) is 0 Å². The highest BCUT2D eigenvalue weighted by atomic mass is 16.5. The smallest absolute Gasteiger partial charge is 0.255 e. The second kappa shape index (κ2) is 20.0. The molecule has 0 saturated carbocycles. The van der Waals surface area contributed by atoms with Crippen LogP contribution in [0.1, 0.15) is 71.7 Å². The van der Waals surface area contributed by atoms with Crippen LogP contribution >= 0.6 is 0 Å². The molecule has 0 radical (unpaired) electrons. The number of fused-ring (bicyclic) bond motifs is 1. The van der Waals surface area contributed by atoms with Gasteiger partial charge in [0.25, 0.3) is 5.91 Å². The van der Waals surface area contributed by atoms with Gasteiger partial charge in [0.1, 0.15) is 11.9 Å². The molecule has 5 rings (SSSR count). The fraction of sp³-hybridized carbons (Fsp3) is 0.372. The molecule has 55 heavy (non-hydrogen) atoms. The highest BCUT2D eigenvalue weighted by molar-refractivity contribution is 6.02. The highest BCUT2D eigenvalue weighted by Crippen LogP contribution is 2.42. The molecule has 294 valence electrons. The van der Waals surface area contributed by atoms with Crippen LogP contribution in [0.25, 0.3) is 12.2 Å². The van der Waals surface area contributed by atoms with Crippen LogP contribution in [-0.2, 0) is 0 Å². The molecule has 0 aliphatic carbocycles. The number of hydrogen-bond acceptors (Lipinski definition) is 11. The second-order valence-electron chi connectivity index (χ2n) is 12.7. The van der Waals surface area contributed by atoms with Crippen LogP contribution < -0.4 is 53.3 Å². The third-order valence-corrected chi connectivity index (χ3v) is 9.28. The third-order valence-electron chi connectivity index (χ3n) is 9.28. The summed E-state index contributed by atoms with van der Waals surface area (Å²) in [7, 11) is 11.2. The van der Waals surface area contributed by atoms with E-state index in [2.05, 4.69) is 10.6 Å². The molecule has 0 aromatic heterocycles. The van der Waals surface area contributed by atoms with Crippen molar-refractivity contribution in [2.75, 3.05) is 68.3 Å². The molecule has 1 heterocycles. The molecule has 1 unspecified atom stereocenters. The molecular formula is C43H52N2O10. The molecule has 4 aromatic rings. The van der Waals surface area contributed by atoms with Crippen LogP contribution in [0.4, 0.5) is 5.69 Å². The molecule has 1 atom stereocenters. The van der Waals surface area contributed by atoms with Crippen molar-refractivity contribution in [2.45, 2.75) is 44.7 Å². The summed E-state index contributed by atoms with van der Waals surface area (Å²) in [6, 6.07) is 18.7. The van der Waals surface area contributed by atoms with Crippen LogP contribution in [0, 0.1) is 0 Å². The topological polar surface area (TPSA) is 124 Å². The molecule has 1 amide bonds. The van der Waals surface area contributed by atoms with Crippen molar-refractivity contribution in [2.24, 2.45) is 0 Å². The standard InChI is InChI=1S/C43H52N2O10/c1-47-31-18-19-33-32(27-31)43(46)45-42(44-33)30-17-20-34(36(26-30)49-3)54-22-12-10-8-9-11-13-23-55-41-35(48-2)21-16-29(39(41)52-6)15-14-28-24-37(50-4)40(53-7)38(25-28)51-5/h14-21,24-27,42,44H,8-13,22-23H2,1-7H3,(H,45,46)/b15-14+. The molecule has 0 fully saturated rings. The van der Waals surface area contributed by atoms with Crippen molar-refractivity contribution >= 4 is 23.7 Å². The Bertz CT molecular complexity index is 1900. The Balaban J connectivity index is 1.05. The Kier molecular flexibility index (Phi) is 14.6. The van der Waals surface area contributed by atoms with E-state index >= 15 is 0 Å². The number of rotatable bonds is 21. The second-order valence-corrected chi connectivity index (χ2v) is 12.7. The largest absolute Gasteiger partial charge is 0.497 e. The predicted octanol–water partition coefficient (Wildman–Crippen LogP) is 8.57. The quantitative estimate of drug-likeness (QED) is 0.0628. The number of unbranched alkanes of at least 4 members (excludes halogenated alkanes) is 5. The van der Waals surface area contributed by atoms with Crippen molar-refractivity contribution in [3.63, 3.8) is 0 Å². The lowest BCUT2D eigenvalue weighted by atomic mass is 10.0. The number of amides is 1. The number of ether oxygens (including phenoxy) is 9. The Morgan fingerprint density at radius 3 is 1.80 bits per heavy atom. The summed E-state index contributed by atoms with van der Waals surface area (Å²) in [6.07, 6.45) is 9.58. The highest BCUT2D eigenvalue weighted by Gasteiger charge is 2.26. The van der Waals surface area contributed by atoms with Gasteiger partial charge in [-0.1, -0.05) is 43.9 Å². The van der Waals surface area contributed by atoms with E-state index in [0.717, 1.165) is 60.9 Å². The number of methoxy groups -OCH3 is 7. The molecule has 0 bridgehead atoms. The molecule has 0 spiro atoms. The van der Waals surface area contributed by atoms with Crippen molar-refractivity contribution in [3.05, 3.63) is 82.9 Å².